The minimum absolute atomic E-state index is 0.235. The smallest absolute Gasteiger partial charge is 0.0809 e. The van der Waals surface area contributed by atoms with Crippen molar-refractivity contribution in [2.75, 3.05) is 25.2 Å². The summed E-state index contributed by atoms with van der Waals surface area (Å²) >= 11 is 3.47. The lowest BCUT2D eigenvalue weighted by Gasteiger charge is -2.22. The van der Waals surface area contributed by atoms with Crippen LogP contribution >= 0.6 is 15.9 Å². The lowest BCUT2D eigenvalue weighted by Crippen LogP contribution is -2.24. The monoisotopic (exact) mass is 250 g/mol. The first-order valence-electron chi connectivity index (χ1n) is 4.89. The maximum absolute atomic E-state index is 5.62. The summed E-state index contributed by atoms with van der Waals surface area (Å²) < 4.78 is 11.1. The Morgan fingerprint density at radius 2 is 2.31 bits per heavy atom. The number of rotatable bonds is 5. The minimum atomic E-state index is 0.235. The van der Waals surface area contributed by atoms with Gasteiger partial charge in [-0.1, -0.05) is 29.8 Å². The molecule has 78 valence electrons. The van der Waals surface area contributed by atoms with Crippen LogP contribution in [0.1, 0.15) is 26.7 Å². The summed E-state index contributed by atoms with van der Waals surface area (Å²) in [4.78, 5) is 0. The average Bonchev–Trinajstić information content (AvgIpc) is 2.57. The Hall–Kier alpha value is 0.400. The predicted molar refractivity (Wildman–Crippen MR) is 57.4 cm³/mol. The first-order valence-corrected chi connectivity index (χ1v) is 6.01. The second-order valence-corrected chi connectivity index (χ2v) is 5.01. The van der Waals surface area contributed by atoms with Gasteiger partial charge in [-0.05, 0) is 18.3 Å². The highest BCUT2D eigenvalue weighted by Gasteiger charge is 2.19. The molecule has 1 fully saturated rings. The molecule has 1 aliphatic rings. The van der Waals surface area contributed by atoms with Crippen LogP contribution in [0.4, 0.5) is 0 Å². The first-order chi connectivity index (χ1) is 6.14. The Labute approximate surface area is 89.1 Å². The summed E-state index contributed by atoms with van der Waals surface area (Å²) in [5.74, 6) is 0. The molecule has 0 aromatic carbocycles. The first kappa shape index (κ1) is 11.5. The number of halogens is 1. The Kier molecular flexibility index (Phi) is 4.70. The van der Waals surface area contributed by atoms with Gasteiger partial charge in [0.05, 0.1) is 19.3 Å². The maximum atomic E-state index is 5.62. The summed E-state index contributed by atoms with van der Waals surface area (Å²) in [7, 11) is 0. The van der Waals surface area contributed by atoms with E-state index in [-0.39, 0.29) is 5.41 Å². The van der Waals surface area contributed by atoms with Crippen LogP contribution in [0.15, 0.2) is 0 Å². The molecule has 3 heteroatoms. The second-order valence-electron chi connectivity index (χ2n) is 4.45. The van der Waals surface area contributed by atoms with E-state index in [1.54, 1.807) is 0 Å². The van der Waals surface area contributed by atoms with E-state index in [9.17, 15) is 0 Å². The summed E-state index contributed by atoms with van der Waals surface area (Å²) in [6, 6.07) is 0. The van der Waals surface area contributed by atoms with Crippen molar-refractivity contribution in [2.45, 2.75) is 32.8 Å². The van der Waals surface area contributed by atoms with Gasteiger partial charge in [-0.25, -0.2) is 0 Å². The molecular formula is C10H19BrO2. The van der Waals surface area contributed by atoms with Gasteiger partial charge in [0.2, 0.25) is 0 Å². The van der Waals surface area contributed by atoms with Crippen molar-refractivity contribution >= 4 is 15.9 Å². The van der Waals surface area contributed by atoms with Gasteiger partial charge in [0.15, 0.2) is 0 Å². The van der Waals surface area contributed by atoms with Crippen LogP contribution in [0, 0.1) is 5.41 Å². The number of ether oxygens (including phenoxy) is 2. The van der Waals surface area contributed by atoms with Gasteiger partial charge in [-0.2, -0.15) is 0 Å². The van der Waals surface area contributed by atoms with Crippen molar-refractivity contribution in [3.63, 3.8) is 0 Å². The molecule has 1 saturated heterocycles. The van der Waals surface area contributed by atoms with Gasteiger partial charge in [-0.15, -0.1) is 0 Å². The SMILES string of the molecule is CC(C)(CBr)COCC1CCCO1. The number of hydrogen-bond acceptors (Lipinski definition) is 2. The van der Waals surface area contributed by atoms with E-state index < -0.39 is 0 Å². The third-order valence-corrected chi connectivity index (χ3v) is 3.70. The van der Waals surface area contributed by atoms with Crippen molar-refractivity contribution < 1.29 is 9.47 Å². The summed E-state index contributed by atoms with van der Waals surface area (Å²) in [6.07, 6.45) is 2.70. The lowest BCUT2D eigenvalue weighted by atomic mass is 9.98. The highest BCUT2D eigenvalue weighted by molar-refractivity contribution is 9.09. The molecule has 0 spiro atoms. The summed E-state index contributed by atoms with van der Waals surface area (Å²) in [5, 5.41) is 0.978. The zero-order chi connectivity index (χ0) is 9.73. The van der Waals surface area contributed by atoms with Gasteiger partial charge >= 0.3 is 0 Å². The predicted octanol–water partition coefficient (Wildman–Crippen LogP) is 2.60. The van der Waals surface area contributed by atoms with E-state index in [1.807, 2.05) is 0 Å². The third kappa shape index (κ3) is 4.43. The lowest BCUT2D eigenvalue weighted by molar-refractivity contribution is -0.00504. The van der Waals surface area contributed by atoms with Crippen LogP contribution in [0.25, 0.3) is 0 Å². The van der Waals surface area contributed by atoms with Crippen molar-refractivity contribution in [1.82, 2.24) is 0 Å². The van der Waals surface area contributed by atoms with Crippen LogP contribution in [-0.4, -0.2) is 31.3 Å². The van der Waals surface area contributed by atoms with Gasteiger partial charge in [0.25, 0.3) is 0 Å². The molecule has 0 amide bonds. The van der Waals surface area contributed by atoms with E-state index in [0.29, 0.717) is 6.10 Å². The van der Waals surface area contributed by atoms with Gasteiger partial charge < -0.3 is 9.47 Å². The average molecular weight is 251 g/mol. The maximum Gasteiger partial charge on any atom is 0.0809 e. The molecule has 1 atom stereocenters. The van der Waals surface area contributed by atoms with E-state index >= 15 is 0 Å². The third-order valence-electron chi connectivity index (χ3n) is 2.18. The molecule has 0 aromatic heterocycles. The van der Waals surface area contributed by atoms with Gasteiger partial charge in [-0.3, -0.25) is 0 Å². The van der Waals surface area contributed by atoms with Crippen molar-refractivity contribution in [1.29, 1.82) is 0 Å². The molecule has 0 N–H and O–H groups in total. The fourth-order valence-electron chi connectivity index (χ4n) is 1.28. The summed E-state index contributed by atoms with van der Waals surface area (Å²) in [6.45, 7) is 6.86. The number of hydrogen-bond donors (Lipinski definition) is 0. The second kappa shape index (κ2) is 5.32. The molecule has 1 heterocycles. The van der Waals surface area contributed by atoms with Crippen LogP contribution in [-0.2, 0) is 9.47 Å². The van der Waals surface area contributed by atoms with E-state index in [0.717, 1.165) is 31.6 Å². The van der Waals surface area contributed by atoms with E-state index in [1.165, 1.54) is 6.42 Å². The Morgan fingerprint density at radius 3 is 2.85 bits per heavy atom. The van der Waals surface area contributed by atoms with Crippen LogP contribution in [0.5, 0.6) is 0 Å². The Bertz CT molecular complexity index is 142. The Balaban J connectivity index is 2.06. The van der Waals surface area contributed by atoms with Gasteiger partial charge in [0, 0.05) is 11.9 Å². The molecule has 0 aliphatic carbocycles. The molecule has 1 aliphatic heterocycles. The summed E-state index contributed by atoms with van der Waals surface area (Å²) in [5.41, 5.74) is 0.235. The fourth-order valence-corrected chi connectivity index (χ4v) is 1.44. The zero-order valence-electron chi connectivity index (χ0n) is 8.51. The van der Waals surface area contributed by atoms with Crippen LogP contribution in [0.2, 0.25) is 0 Å². The molecule has 0 radical (unpaired) electrons. The van der Waals surface area contributed by atoms with Crippen LogP contribution < -0.4 is 0 Å². The van der Waals surface area contributed by atoms with Crippen molar-refractivity contribution in [2.24, 2.45) is 5.41 Å². The zero-order valence-corrected chi connectivity index (χ0v) is 10.1. The molecular weight excluding hydrogens is 232 g/mol. The topological polar surface area (TPSA) is 18.5 Å². The molecule has 0 bridgehead atoms. The van der Waals surface area contributed by atoms with E-state index in [4.69, 9.17) is 9.47 Å². The van der Waals surface area contributed by atoms with Crippen LogP contribution in [0.3, 0.4) is 0 Å². The normalized spacial score (nSPS) is 23.8. The quantitative estimate of drug-likeness (QED) is 0.699. The molecule has 13 heavy (non-hydrogen) atoms. The number of alkyl halides is 1. The van der Waals surface area contributed by atoms with Crippen molar-refractivity contribution in [3.05, 3.63) is 0 Å². The molecule has 1 unspecified atom stereocenters. The highest BCUT2D eigenvalue weighted by atomic mass is 79.9. The molecule has 2 nitrogen and oxygen atoms in total. The van der Waals surface area contributed by atoms with Gasteiger partial charge in [0.1, 0.15) is 0 Å². The largest absolute Gasteiger partial charge is 0.378 e. The van der Waals surface area contributed by atoms with E-state index in [2.05, 4.69) is 29.8 Å². The highest BCUT2D eigenvalue weighted by Crippen LogP contribution is 2.19. The molecule has 1 rings (SSSR count). The Morgan fingerprint density at radius 1 is 1.54 bits per heavy atom. The van der Waals surface area contributed by atoms with Crippen molar-refractivity contribution in [3.8, 4) is 0 Å². The fraction of sp³-hybridized carbons (Fsp3) is 1.00. The molecule has 0 aromatic rings. The minimum Gasteiger partial charge on any atom is -0.378 e. The molecule has 0 saturated carbocycles. The standard InChI is InChI=1S/C10H19BrO2/c1-10(2,7-11)8-12-6-9-4-3-5-13-9/h9H,3-8H2,1-2H3.